The first kappa shape index (κ1) is 12.7. The van der Waals surface area contributed by atoms with E-state index in [0.717, 1.165) is 0 Å². The van der Waals surface area contributed by atoms with Crippen LogP contribution in [-0.2, 0) is 13.6 Å². The van der Waals surface area contributed by atoms with Crippen LogP contribution in [0.15, 0.2) is 12.3 Å². The second kappa shape index (κ2) is 5.43. The number of hydrogen-bond donors (Lipinski definition) is 1. The summed E-state index contributed by atoms with van der Waals surface area (Å²) in [6, 6.07) is 0. The van der Waals surface area contributed by atoms with Gasteiger partial charge in [0.25, 0.3) is 0 Å². The van der Waals surface area contributed by atoms with E-state index in [-0.39, 0.29) is 19.0 Å². The molecular formula is C8H17O4P. The van der Waals surface area contributed by atoms with Gasteiger partial charge in [0, 0.05) is 0 Å². The van der Waals surface area contributed by atoms with Gasteiger partial charge in [-0.1, -0.05) is 6.58 Å². The zero-order valence-corrected chi connectivity index (χ0v) is 9.21. The quantitative estimate of drug-likeness (QED) is 0.538. The van der Waals surface area contributed by atoms with Crippen molar-refractivity contribution in [3.8, 4) is 0 Å². The minimum Gasteiger partial charge on any atom is -0.512 e. The molecule has 1 atom stereocenters. The summed E-state index contributed by atoms with van der Waals surface area (Å²) < 4.78 is 21.9. The summed E-state index contributed by atoms with van der Waals surface area (Å²) in [5, 5.41) is 9.08. The van der Waals surface area contributed by atoms with Gasteiger partial charge < -0.3 is 14.2 Å². The number of hydrogen-bond acceptors (Lipinski definition) is 4. The maximum Gasteiger partial charge on any atom is 0.340 e. The number of rotatable bonds is 6. The van der Waals surface area contributed by atoms with Crippen molar-refractivity contribution in [3.63, 3.8) is 0 Å². The molecule has 0 aromatic carbocycles. The molecule has 5 heteroatoms. The third-order valence-corrected chi connectivity index (χ3v) is 4.06. The summed E-state index contributed by atoms with van der Waals surface area (Å²) in [6.07, 6.45) is 0. The van der Waals surface area contributed by atoms with Gasteiger partial charge in [0.2, 0.25) is 0 Å². The third kappa shape index (κ3) is 3.51. The van der Waals surface area contributed by atoms with Crippen LogP contribution >= 0.6 is 7.60 Å². The second-order valence-electron chi connectivity index (χ2n) is 2.54. The molecule has 0 rings (SSSR count). The molecule has 0 radical (unpaired) electrons. The lowest BCUT2D eigenvalue weighted by Gasteiger charge is -2.22. The summed E-state index contributed by atoms with van der Waals surface area (Å²) in [5.74, 6) is -0.176. The molecule has 0 saturated heterocycles. The highest BCUT2D eigenvalue weighted by atomic mass is 31.2. The van der Waals surface area contributed by atoms with Gasteiger partial charge in [-0.05, 0) is 20.8 Å². The molecule has 0 aliphatic carbocycles. The Morgan fingerprint density at radius 1 is 1.46 bits per heavy atom. The largest absolute Gasteiger partial charge is 0.512 e. The van der Waals surface area contributed by atoms with Gasteiger partial charge >= 0.3 is 7.60 Å². The van der Waals surface area contributed by atoms with Crippen LogP contribution in [0, 0.1) is 0 Å². The molecular weight excluding hydrogens is 191 g/mol. The zero-order valence-electron chi connectivity index (χ0n) is 8.32. The molecule has 0 spiro atoms. The van der Waals surface area contributed by atoms with Gasteiger partial charge in [0.15, 0.2) is 0 Å². The number of aliphatic hydroxyl groups excluding tert-OH is 1. The Morgan fingerprint density at radius 3 is 2.08 bits per heavy atom. The average molecular weight is 208 g/mol. The fourth-order valence-electron chi connectivity index (χ4n) is 0.803. The lowest BCUT2D eigenvalue weighted by Crippen LogP contribution is -2.11. The van der Waals surface area contributed by atoms with Crippen LogP contribution in [0.4, 0.5) is 0 Å². The molecule has 0 aliphatic heterocycles. The summed E-state index contributed by atoms with van der Waals surface area (Å²) >= 11 is 0. The Morgan fingerprint density at radius 2 is 1.85 bits per heavy atom. The van der Waals surface area contributed by atoms with E-state index in [1.165, 1.54) is 0 Å². The molecule has 13 heavy (non-hydrogen) atoms. The minimum absolute atomic E-state index is 0.176. The zero-order chi connectivity index (χ0) is 10.5. The van der Waals surface area contributed by atoms with E-state index in [1.807, 2.05) is 0 Å². The monoisotopic (exact) mass is 208 g/mol. The second-order valence-corrected chi connectivity index (χ2v) is 4.91. The van der Waals surface area contributed by atoms with Gasteiger partial charge in [-0.2, -0.15) is 0 Å². The highest BCUT2D eigenvalue weighted by molar-refractivity contribution is 7.54. The molecule has 0 aromatic rings. The van der Waals surface area contributed by atoms with Crippen molar-refractivity contribution in [2.45, 2.75) is 26.4 Å². The van der Waals surface area contributed by atoms with E-state index >= 15 is 0 Å². The molecule has 0 bridgehead atoms. The predicted molar refractivity (Wildman–Crippen MR) is 52.1 cm³/mol. The van der Waals surface area contributed by atoms with Crippen molar-refractivity contribution in [1.29, 1.82) is 0 Å². The van der Waals surface area contributed by atoms with E-state index in [2.05, 4.69) is 6.58 Å². The van der Waals surface area contributed by atoms with Gasteiger partial charge in [-0.3, -0.25) is 4.57 Å². The van der Waals surface area contributed by atoms with Crippen molar-refractivity contribution in [1.82, 2.24) is 0 Å². The maximum absolute atomic E-state index is 11.9. The molecule has 0 amide bonds. The lowest BCUT2D eigenvalue weighted by molar-refractivity contribution is 0.210. The molecule has 0 heterocycles. The van der Waals surface area contributed by atoms with Crippen LogP contribution < -0.4 is 0 Å². The normalized spacial score (nSPS) is 14.1. The Labute approximate surface area is 79.1 Å². The van der Waals surface area contributed by atoms with Crippen LogP contribution in [-0.4, -0.2) is 24.0 Å². The van der Waals surface area contributed by atoms with E-state index < -0.39 is 13.3 Å². The molecule has 0 fully saturated rings. The van der Waals surface area contributed by atoms with Crippen molar-refractivity contribution in [3.05, 3.63) is 12.3 Å². The third-order valence-electron chi connectivity index (χ3n) is 1.57. The fourth-order valence-corrected chi connectivity index (χ4v) is 2.41. The summed E-state index contributed by atoms with van der Waals surface area (Å²) in [5.41, 5.74) is -0.674. The summed E-state index contributed by atoms with van der Waals surface area (Å²) in [4.78, 5) is 0. The smallest absolute Gasteiger partial charge is 0.340 e. The van der Waals surface area contributed by atoms with E-state index in [9.17, 15) is 4.57 Å². The summed E-state index contributed by atoms with van der Waals surface area (Å²) in [6.45, 7) is 8.89. The molecule has 4 nitrogen and oxygen atoms in total. The maximum atomic E-state index is 11.9. The van der Waals surface area contributed by atoms with Crippen LogP contribution in [0.1, 0.15) is 20.8 Å². The van der Waals surface area contributed by atoms with Gasteiger partial charge in [0.1, 0.15) is 5.66 Å². The Kier molecular flexibility index (Phi) is 5.30. The minimum atomic E-state index is -3.22. The van der Waals surface area contributed by atoms with Crippen LogP contribution in [0.5, 0.6) is 0 Å². The van der Waals surface area contributed by atoms with Gasteiger partial charge in [-0.25, -0.2) is 0 Å². The van der Waals surface area contributed by atoms with E-state index in [1.54, 1.807) is 20.8 Å². The molecule has 1 unspecified atom stereocenters. The Hall–Kier alpha value is -0.310. The van der Waals surface area contributed by atoms with Crippen LogP contribution in [0.25, 0.3) is 0 Å². The topological polar surface area (TPSA) is 55.8 Å². The van der Waals surface area contributed by atoms with Crippen molar-refractivity contribution < 1.29 is 18.7 Å². The van der Waals surface area contributed by atoms with Crippen molar-refractivity contribution >= 4 is 7.60 Å². The molecule has 0 saturated carbocycles. The van der Waals surface area contributed by atoms with Crippen molar-refractivity contribution in [2.75, 3.05) is 13.2 Å². The predicted octanol–water partition coefficient (Wildman–Crippen LogP) is 2.71. The highest BCUT2D eigenvalue weighted by Crippen LogP contribution is 2.54. The summed E-state index contributed by atoms with van der Waals surface area (Å²) in [7, 11) is -3.22. The molecule has 0 aliphatic rings. The van der Waals surface area contributed by atoms with Gasteiger partial charge in [-0.15, -0.1) is 0 Å². The first-order chi connectivity index (χ1) is 5.98. The molecule has 1 N–H and O–H groups in total. The standard InChI is InChI=1S/C8H17O4P/c1-5-11-13(10,12-6-2)8(4)7(3)9/h8-9H,3,5-6H2,1-2,4H3. The molecule has 0 aromatic heterocycles. The number of aliphatic hydroxyl groups is 1. The van der Waals surface area contributed by atoms with E-state index in [0.29, 0.717) is 0 Å². The fraction of sp³-hybridized carbons (Fsp3) is 0.750. The highest BCUT2D eigenvalue weighted by Gasteiger charge is 2.33. The van der Waals surface area contributed by atoms with Crippen LogP contribution in [0.3, 0.4) is 0 Å². The Bertz CT molecular complexity index is 204. The SMILES string of the molecule is C=C(O)C(C)P(=O)(OCC)OCC. The average Bonchev–Trinajstić information content (AvgIpc) is 2.03. The Balaban J connectivity index is 4.57. The molecule has 78 valence electrons. The van der Waals surface area contributed by atoms with Crippen LogP contribution in [0.2, 0.25) is 0 Å². The number of allylic oxidation sites excluding steroid dienone is 1. The van der Waals surface area contributed by atoms with Crippen molar-refractivity contribution in [2.24, 2.45) is 0 Å². The van der Waals surface area contributed by atoms with Gasteiger partial charge in [0.05, 0.1) is 19.0 Å². The first-order valence-electron chi connectivity index (χ1n) is 4.24. The first-order valence-corrected chi connectivity index (χ1v) is 5.85. The van der Waals surface area contributed by atoms with E-state index in [4.69, 9.17) is 14.2 Å². The lowest BCUT2D eigenvalue weighted by atomic mass is 10.4.